The molecule has 13 rings (SSSR count). The van der Waals surface area contributed by atoms with E-state index < -0.39 is 8.07 Å². The summed E-state index contributed by atoms with van der Waals surface area (Å²) in [6.07, 6.45) is 5.95. The van der Waals surface area contributed by atoms with Gasteiger partial charge in [-0.1, -0.05) is 172 Å². The standard InChI is InChI=1S/C59H43N5Si/c1-59(2)51-28-17-35-60-58(51)64(54-34-33-49-48-27-13-15-30-53(48)63(56(49)55(54)59)40-18-6-3-7-19-40)41-20-16-25-44(38-41)65(42-21-8-4-9-22-42,43-23-10-5-11-24-43)45-31-32-46-47-26-12-14-29-52(47)62-37-36-61-57(62)50(46)39-45/h3-39H,1-2H3. The number of hydrogen-bond donors (Lipinski definition) is 0. The Labute approximate surface area is 378 Å². The minimum Gasteiger partial charge on any atom is -0.309 e. The number of para-hydroxylation sites is 3. The van der Waals surface area contributed by atoms with Gasteiger partial charge in [0, 0.05) is 68.1 Å². The van der Waals surface area contributed by atoms with Crippen molar-refractivity contribution in [2.45, 2.75) is 19.3 Å². The molecule has 0 saturated heterocycles. The minimum absolute atomic E-state index is 0.381. The molecule has 65 heavy (non-hydrogen) atoms. The molecule has 4 aromatic heterocycles. The molecule has 0 unspecified atom stereocenters. The largest absolute Gasteiger partial charge is 0.309 e. The molecule has 12 aromatic rings. The van der Waals surface area contributed by atoms with Gasteiger partial charge in [-0.2, -0.15) is 0 Å². The third kappa shape index (κ3) is 5.32. The first-order valence-electron chi connectivity index (χ1n) is 22.4. The van der Waals surface area contributed by atoms with E-state index in [0.717, 1.165) is 39.4 Å². The molecule has 1 aliphatic heterocycles. The lowest BCUT2D eigenvalue weighted by molar-refractivity contribution is 0.631. The third-order valence-corrected chi connectivity index (χ3v) is 18.9. The van der Waals surface area contributed by atoms with Crippen molar-refractivity contribution >= 4 is 95.1 Å². The van der Waals surface area contributed by atoms with Crippen LogP contribution in [0.3, 0.4) is 0 Å². The maximum atomic E-state index is 5.25. The molecule has 0 amide bonds. The molecule has 0 radical (unpaired) electrons. The lowest BCUT2D eigenvalue weighted by Crippen LogP contribution is -2.74. The molecule has 0 N–H and O–H groups in total. The second-order valence-corrected chi connectivity index (χ2v) is 21.6. The Morgan fingerprint density at radius 2 is 1.06 bits per heavy atom. The van der Waals surface area contributed by atoms with E-state index in [0.29, 0.717) is 0 Å². The van der Waals surface area contributed by atoms with E-state index in [9.17, 15) is 0 Å². The topological polar surface area (TPSA) is 38.4 Å². The van der Waals surface area contributed by atoms with Gasteiger partial charge in [0.25, 0.3) is 0 Å². The predicted octanol–water partition coefficient (Wildman–Crippen LogP) is 11.6. The van der Waals surface area contributed by atoms with E-state index in [1.807, 2.05) is 12.4 Å². The predicted molar refractivity (Wildman–Crippen MR) is 273 cm³/mol. The SMILES string of the molecule is CC1(C)c2cccnc2N(c2cccc([Si](c3ccccc3)(c3ccccc3)c3ccc4c5ccccc5n5ccnc5c4c3)c2)c2ccc3c4ccccc4n(-c4ccccc4)c3c21. The van der Waals surface area contributed by atoms with Crippen LogP contribution in [0, 0.1) is 0 Å². The minimum atomic E-state index is -3.07. The molecular weight excluding hydrogens is 807 g/mol. The number of benzene rings is 8. The van der Waals surface area contributed by atoms with Crippen LogP contribution in [0.1, 0.15) is 25.0 Å². The van der Waals surface area contributed by atoms with E-state index in [-0.39, 0.29) is 5.41 Å². The highest BCUT2D eigenvalue weighted by Gasteiger charge is 2.44. The second kappa shape index (κ2) is 14.2. The van der Waals surface area contributed by atoms with Crippen LogP contribution < -0.4 is 25.6 Å². The molecule has 8 aromatic carbocycles. The Balaban J connectivity index is 1.11. The zero-order chi connectivity index (χ0) is 43.3. The molecule has 5 nitrogen and oxygen atoms in total. The van der Waals surface area contributed by atoms with Crippen molar-refractivity contribution in [3.8, 4) is 5.69 Å². The summed E-state index contributed by atoms with van der Waals surface area (Å²) >= 11 is 0. The Hall–Kier alpha value is -8.06. The first-order chi connectivity index (χ1) is 32.0. The highest BCUT2D eigenvalue weighted by molar-refractivity contribution is 7.20. The summed E-state index contributed by atoms with van der Waals surface area (Å²) in [6.45, 7) is 4.74. The Morgan fingerprint density at radius 3 is 1.82 bits per heavy atom. The lowest BCUT2D eigenvalue weighted by Gasteiger charge is -2.42. The first kappa shape index (κ1) is 37.5. The Kier molecular flexibility index (Phi) is 8.20. The van der Waals surface area contributed by atoms with E-state index in [2.05, 4.69) is 240 Å². The van der Waals surface area contributed by atoms with Crippen LogP contribution in [0.4, 0.5) is 17.2 Å². The molecule has 0 fully saturated rings. The maximum Gasteiger partial charge on any atom is 0.179 e. The van der Waals surface area contributed by atoms with Gasteiger partial charge in [0.05, 0.1) is 22.2 Å². The molecule has 0 spiro atoms. The van der Waals surface area contributed by atoms with Crippen LogP contribution in [0.5, 0.6) is 0 Å². The van der Waals surface area contributed by atoms with Crippen molar-refractivity contribution in [3.63, 3.8) is 0 Å². The number of anilines is 3. The summed E-state index contributed by atoms with van der Waals surface area (Å²) in [6, 6.07) is 76.4. The van der Waals surface area contributed by atoms with Crippen molar-refractivity contribution in [2.24, 2.45) is 0 Å². The van der Waals surface area contributed by atoms with Crippen molar-refractivity contribution in [1.29, 1.82) is 0 Å². The summed E-state index contributed by atoms with van der Waals surface area (Å²) in [7, 11) is -3.07. The summed E-state index contributed by atoms with van der Waals surface area (Å²) in [5, 5.41) is 11.3. The molecular formula is C59H43N5Si. The lowest BCUT2D eigenvalue weighted by atomic mass is 9.73. The fraction of sp³-hybridized carbons (Fsp3) is 0.0508. The second-order valence-electron chi connectivity index (χ2n) is 17.8. The molecule has 308 valence electrons. The van der Waals surface area contributed by atoms with Gasteiger partial charge in [0.15, 0.2) is 8.07 Å². The van der Waals surface area contributed by atoms with Crippen molar-refractivity contribution < 1.29 is 0 Å². The fourth-order valence-electron chi connectivity index (χ4n) is 11.3. The van der Waals surface area contributed by atoms with Gasteiger partial charge in [0.1, 0.15) is 11.5 Å². The number of nitrogens with zero attached hydrogens (tertiary/aromatic N) is 5. The number of pyridine rings is 2. The number of fused-ring (bicyclic) bond motifs is 12. The van der Waals surface area contributed by atoms with Gasteiger partial charge >= 0.3 is 0 Å². The van der Waals surface area contributed by atoms with Gasteiger partial charge in [-0.15, -0.1) is 0 Å². The highest BCUT2D eigenvalue weighted by Crippen LogP contribution is 2.54. The monoisotopic (exact) mass is 849 g/mol. The Bertz CT molecular complexity index is 3780. The summed E-state index contributed by atoms with van der Waals surface area (Å²) in [5.74, 6) is 0.954. The fourth-order valence-corrected chi connectivity index (χ4v) is 16.1. The van der Waals surface area contributed by atoms with Crippen molar-refractivity contribution in [3.05, 3.63) is 236 Å². The van der Waals surface area contributed by atoms with E-state index in [1.54, 1.807) is 0 Å². The van der Waals surface area contributed by atoms with Gasteiger partial charge in [0.2, 0.25) is 0 Å². The van der Waals surface area contributed by atoms with E-state index in [4.69, 9.17) is 9.97 Å². The average molecular weight is 850 g/mol. The smallest absolute Gasteiger partial charge is 0.179 e. The number of rotatable bonds is 6. The molecule has 5 heterocycles. The van der Waals surface area contributed by atoms with Gasteiger partial charge in [-0.05, 0) is 74.7 Å². The molecule has 6 heteroatoms. The first-order valence-corrected chi connectivity index (χ1v) is 24.4. The maximum absolute atomic E-state index is 5.25. The molecule has 1 aliphatic rings. The number of imidazole rings is 1. The summed E-state index contributed by atoms with van der Waals surface area (Å²) in [5.41, 5.74) is 9.98. The van der Waals surface area contributed by atoms with Crippen LogP contribution in [-0.4, -0.2) is 27.0 Å². The van der Waals surface area contributed by atoms with Gasteiger partial charge in [-0.25, -0.2) is 9.97 Å². The normalized spacial score (nSPS) is 13.5. The van der Waals surface area contributed by atoms with Crippen LogP contribution in [-0.2, 0) is 5.41 Å². The third-order valence-electron chi connectivity index (χ3n) is 14.1. The molecule has 0 saturated carbocycles. The van der Waals surface area contributed by atoms with E-state index in [1.165, 1.54) is 64.5 Å². The summed E-state index contributed by atoms with van der Waals surface area (Å²) in [4.78, 5) is 12.7. The molecule has 0 bridgehead atoms. The number of hydrogen-bond acceptors (Lipinski definition) is 3. The average Bonchev–Trinajstić information content (AvgIpc) is 4.00. The number of aromatic nitrogens is 4. The van der Waals surface area contributed by atoms with Crippen molar-refractivity contribution in [1.82, 2.24) is 18.9 Å². The van der Waals surface area contributed by atoms with Crippen LogP contribution >= 0.6 is 0 Å². The van der Waals surface area contributed by atoms with Crippen molar-refractivity contribution in [2.75, 3.05) is 4.90 Å². The van der Waals surface area contributed by atoms with Gasteiger partial charge < -0.3 is 4.57 Å². The quantitative estimate of drug-likeness (QED) is 0.0950. The van der Waals surface area contributed by atoms with Crippen LogP contribution in [0.15, 0.2) is 225 Å². The van der Waals surface area contributed by atoms with Crippen LogP contribution in [0.2, 0.25) is 0 Å². The highest BCUT2D eigenvalue weighted by atomic mass is 28.3. The van der Waals surface area contributed by atoms with Crippen LogP contribution in [0.25, 0.3) is 54.8 Å². The molecule has 0 atom stereocenters. The summed E-state index contributed by atoms with van der Waals surface area (Å²) < 4.78 is 4.72. The zero-order valence-corrected chi connectivity index (χ0v) is 37.1. The Morgan fingerprint density at radius 1 is 0.446 bits per heavy atom. The van der Waals surface area contributed by atoms with E-state index >= 15 is 0 Å². The molecule has 0 aliphatic carbocycles. The van der Waals surface area contributed by atoms with Gasteiger partial charge in [-0.3, -0.25) is 9.30 Å². The zero-order valence-electron chi connectivity index (χ0n) is 36.1.